The molecule has 0 saturated heterocycles. The number of pyridine rings is 2. The van der Waals surface area contributed by atoms with Crippen molar-refractivity contribution >= 4 is 23.3 Å². The molecule has 0 fully saturated rings. The zero-order chi connectivity index (χ0) is 39.4. The van der Waals surface area contributed by atoms with Crippen molar-refractivity contribution in [1.82, 2.24) is 15.3 Å². The first kappa shape index (κ1) is 64.5. The fourth-order valence-electron chi connectivity index (χ4n) is 6.47. The van der Waals surface area contributed by atoms with E-state index < -0.39 is 55.0 Å². The van der Waals surface area contributed by atoms with Crippen molar-refractivity contribution in [3.63, 3.8) is 0 Å². The van der Waals surface area contributed by atoms with Gasteiger partial charge in [0.25, 0.3) is 5.91 Å². The molecule has 311 valence electrons. The summed E-state index contributed by atoms with van der Waals surface area (Å²) in [5, 5.41) is 68.8. The maximum absolute atomic E-state index is 13.3. The van der Waals surface area contributed by atoms with Gasteiger partial charge >= 0.3 is 0 Å². The number of para-hydroxylation sites is 1. The van der Waals surface area contributed by atoms with Gasteiger partial charge < -0.3 is 46.6 Å². The van der Waals surface area contributed by atoms with E-state index in [0.717, 1.165) is 56.1 Å². The summed E-state index contributed by atoms with van der Waals surface area (Å²) >= 11 is 0. The molecular weight excluding hydrogens is 1840 g/mol. The van der Waals surface area contributed by atoms with Gasteiger partial charge in [-0.05, 0) is 54.3 Å². The summed E-state index contributed by atoms with van der Waals surface area (Å²) in [7, 11) is 0. The number of carbonyl (C=O) groups excluding carboxylic acids is 2. The van der Waals surface area contributed by atoms with Crippen molar-refractivity contribution in [3.05, 3.63) is 120 Å². The van der Waals surface area contributed by atoms with E-state index in [4.69, 9.17) is 5.11 Å². The Morgan fingerprint density at radius 2 is 1.18 bits per heavy atom. The van der Waals surface area contributed by atoms with Crippen molar-refractivity contribution in [2.45, 2.75) is 100 Å². The second-order valence-electron chi connectivity index (χ2n) is 13.7. The molecule has 0 saturated carbocycles. The first-order valence-corrected chi connectivity index (χ1v) is 19.0. The number of nitrogens with zero attached hydrogens (tertiary/aromatic N) is 2. The van der Waals surface area contributed by atoms with E-state index in [9.17, 15) is 35.1 Å². The zero-order valence-corrected chi connectivity index (χ0v) is 57.6. The molecule has 0 aliphatic heterocycles. The molecule has 4 rings (SSSR count). The van der Waals surface area contributed by atoms with Crippen molar-refractivity contribution in [1.29, 1.82) is 0 Å². The first-order chi connectivity index (χ1) is 26.7. The molecule has 4 aromatic rings. The molecule has 0 bridgehead atoms. The number of hydrogen-bond donors (Lipinski definition) is 9. The second kappa shape index (κ2) is 37.4. The Morgan fingerprint density at radius 3 is 1.78 bits per heavy atom. The summed E-state index contributed by atoms with van der Waals surface area (Å²) in [5.74, 6) is -0.892. The molecular formula is C42H55Ac5N5O8. The molecule has 0 aliphatic rings. The van der Waals surface area contributed by atoms with Gasteiger partial charge in [0, 0.05) is 257 Å². The van der Waals surface area contributed by atoms with Crippen LogP contribution < -0.4 is 16.0 Å². The van der Waals surface area contributed by atoms with E-state index in [-0.39, 0.29) is 233 Å². The molecule has 60 heavy (non-hydrogen) atoms. The number of aliphatic hydroxyl groups is 6. The van der Waals surface area contributed by atoms with Gasteiger partial charge in [0.15, 0.2) is 6.10 Å². The topological polar surface area (TPSA) is 217 Å². The summed E-state index contributed by atoms with van der Waals surface area (Å²) in [6.45, 7) is -0.529. The molecule has 9 N–H and O–H groups in total. The van der Waals surface area contributed by atoms with E-state index >= 15 is 0 Å². The predicted molar refractivity (Wildman–Crippen MR) is 210 cm³/mol. The molecule has 18 heteroatoms. The standard InChI is InChI=1S/C42H55N5O8.5Ac/c48-28-33(49)39(52)40(53)41(54)42(55)45-27-15-6-4-2-1-3-5-10-24-35(50)46-31-21-12-11-20-30(31)37(47-34-23-14-17-26-44-34)36(32-22-13-16-25-43-32)38(51)29-18-8-7-9-19-29;;;;;/h7-9,11-14,16-23,25-26,33,36-41,48-49,51-54H,1-6,10,15,24,27-28H2,(H,44,47)(H,45,55)(H,46,50);;;;;/t33?,36-,37?,38?,39?,40?,41?;;;;;/m0...../s1. The number of amides is 2. The predicted octanol–water partition coefficient (Wildman–Crippen LogP) is 4.15. The summed E-state index contributed by atoms with van der Waals surface area (Å²) in [5.41, 5.74) is 2.86. The maximum atomic E-state index is 13.3. The normalized spacial score (nSPS) is 13.9. The Labute approximate surface area is 532 Å². The third-order valence-corrected chi connectivity index (χ3v) is 9.56. The molecule has 5 radical (unpaired) electrons. The smallest absolute Gasteiger partial charge is 0.251 e. The molecule has 2 aromatic heterocycles. The Morgan fingerprint density at radius 1 is 0.617 bits per heavy atom. The van der Waals surface area contributed by atoms with Gasteiger partial charge in [0.2, 0.25) is 5.91 Å². The van der Waals surface area contributed by atoms with E-state index in [0.29, 0.717) is 30.0 Å². The van der Waals surface area contributed by atoms with E-state index in [1.165, 1.54) is 0 Å². The van der Waals surface area contributed by atoms with E-state index in [2.05, 4.69) is 25.9 Å². The molecule has 2 amide bonds. The third-order valence-electron chi connectivity index (χ3n) is 9.56. The van der Waals surface area contributed by atoms with E-state index in [1.807, 2.05) is 91.0 Å². The minimum atomic E-state index is -1.93. The average molecular weight is 1890 g/mol. The minimum absolute atomic E-state index is 0. The number of rotatable bonds is 24. The molecule has 6 unspecified atom stereocenters. The van der Waals surface area contributed by atoms with Crippen LogP contribution in [0.3, 0.4) is 0 Å². The Balaban J connectivity index is 0. The van der Waals surface area contributed by atoms with Gasteiger partial charge in [0.1, 0.15) is 24.1 Å². The number of benzene rings is 2. The fraction of sp³-hybridized carbons (Fsp3) is 0.429. The molecule has 7 atom stereocenters. The minimum Gasteiger partial charge on any atom is -0.394 e. The van der Waals surface area contributed by atoms with Crippen LogP contribution in [-0.2, 0) is 9.59 Å². The van der Waals surface area contributed by atoms with Crippen LogP contribution in [0.15, 0.2) is 103 Å². The average Bonchev–Trinajstić information content (AvgIpc) is 3.22. The van der Waals surface area contributed by atoms with Crippen LogP contribution in [0.5, 0.6) is 0 Å². The van der Waals surface area contributed by atoms with Gasteiger partial charge in [-0.1, -0.05) is 99.2 Å². The number of carbonyl (C=O) groups is 2. The van der Waals surface area contributed by atoms with Crippen LogP contribution in [0.2, 0.25) is 0 Å². The summed E-state index contributed by atoms with van der Waals surface area (Å²) in [4.78, 5) is 34.5. The molecule has 2 aromatic carbocycles. The fourth-order valence-corrected chi connectivity index (χ4v) is 6.47. The quantitative estimate of drug-likeness (QED) is 0.0455. The zero-order valence-electron chi connectivity index (χ0n) is 33.9. The third kappa shape index (κ3) is 22.5. The van der Waals surface area contributed by atoms with Crippen LogP contribution >= 0.6 is 0 Å². The molecule has 13 nitrogen and oxygen atoms in total. The van der Waals surface area contributed by atoms with Crippen LogP contribution in [0.4, 0.5) is 11.5 Å². The van der Waals surface area contributed by atoms with Crippen LogP contribution in [0.25, 0.3) is 0 Å². The van der Waals surface area contributed by atoms with Crippen LogP contribution in [-0.4, -0.2) is 90.0 Å². The Kier molecular flexibility index (Phi) is 40.3. The van der Waals surface area contributed by atoms with E-state index in [1.54, 1.807) is 12.4 Å². The number of nitrogens with one attached hydrogen (secondary N) is 3. The van der Waals surface area contributed by atoms with Gasteiger partial charge in [-0.2, -0.15) is 0 Å². The number of hydrogen-bond acceptors (Lipinski definition) is 11. The van der Waals surface area contributed by atoms with Gasteiger partial charge in [-0.25, -0.2) is 4.98 Å². The van der Waals surface area contributed by atoms with Gasteiger partial charge in [-0.3, -0.25) is 14.6 Å². The van der Waals surface area contributed by atoms with Crippen LogP contribution in [0, 0.1) is 220 Å². The number of aliphatic hydroxyl groups excluding tert-OH is 6. The Hall–Kier alpha value is 2.45. The number of anilines is 2. The monoisotopic (exact) mass is 1890 g/mol. The second-order valence-corrected chi connectivity index (χ2v) is 13.7. The van der Waals surface area contributed by atoms with Gasteiger partial charge in [0.05, 0.1) is 24.7 Å². The number of aromatic nitrogens is 2. The summed E-state index contributed by atoms with van der Waals surface area (Å²) < 4.78 is 0. The molecule has 0 aliphatic carbocycles. The molecule has 2 heterocycles. The van der Waals surface area contributed by atoms with Crippen molar-refractivity contribution < 1.29 is 261 Å². The first-order valence-electron chi connectivity index (χ1n) is 19.0. The van der Waals surface area contributed by atoms with Crippen molar-refractivity contribution in [2.24, 2.45) is 0 Å². The largest absolute Gasteiger partial charge is 0.394 e. The maximum Gasteiger partial charge on any atom is 0.251 e. The van der Waals surface area contributed by atoms with Crippen molar-refractivity contribution in [3.8, 4) is 0 Å². The van der Waals surface area contributed by atoms with Crippen molar-refractivity contribution in [2.75, 3.05) is 23.8 Å². The Bertz CT molecular complexity index is 1710. The summed E-state index contributed by atoms with van der Waals surface area (Å²) in [6, 6.07) is 27.8. The number of unbranched alkanes of at least 4 members (excludes halogenated alkanes) is 7. The molecule has 0 spiro atoms. The van der Waals surface area contributed by atoms with Gasteiger partial charge in [-0.15, -0.1) is 0 Å². The summed E-state index contributed by atoms with van der Waals surface area (Å²) in [6.07, 6.45) is 2.55. The SMILES string of the molecule is O=C(CCCCCCCCCCNC(=O)C(O)C(O)C(O)C(O)CO)Nc1ccccc1C(Nc1ccccn1)[C@H](c1ccccn1)C(O)c1ccccc1.[Ac].[Ac].[Ac].[Ac].[Ac]. The van der Waals surface area contributed by atoms with Crippen LogP contribution in [0.1, 0.15) is 92.7 Å².